The summed E-state index contributed by atoms with van der Waals surface area (Å²) in [5.41, 5.74) is 2.49. The Morgan fingerprint density at radius 3 is 2.81 bits per heavy atom. The summed E-state index contributed by atoms with van der Waals surface area (Å²) < 4.78 is 6.92. The number of carbonyl (C=O) groups excluding carboxylic acids is 1. The van der Waals surface area contributed by atoms with Gasteiger partial charge in [-0.15, -0.1) is 0 Å². The van der Waals surface area contributed by atoms with Crippen LogP contribution in [0.4, 0.5) is 0 Å². The quantitative estimate of drug-likeness (QED) is 0.795. The SMILES string of the molecule is C[Si](C)(C)OC(=O)c1ccc2nc3c(c(=O)n2c1)CSC3. The second kappa shape index (κ2) is 4.99. The molecule has 0 unspecified atom stereocenters. The van der Waals surface area contributed by atoms with E-state index in [4.69, 9.17) is 4.43 Å². The van der Waals surface area contributed by atoms with Crippen LogP contribution in [0.15, 0.2) is 23.1 Å². The maximum absolute atomic E-state index is 12.4. The molecular formula is C14H16N2O3SSi. The van der Waals surface area contributed by atoms with Crippen molar-refractivity contribution in [1.82, 2.24) is 9.38 Å². The number of hydrogen-bond acceptors (Lipinski definition) is 5. The van der Waals surface area contributed by atoms with Gasteiger partial charge in [-0.25, -0.2) is 9.78 Å². The van der Waals surface area contributed by atoms with Crippen LogP contribution in [0.1, 0.15) is 21.6 Å². The second-order valence-electron chi connectivity index (χ2n) is 5.98. The van der Waals surface area contributed by atoms with Gasteiger partial charge in [0.05, 0.1) is 16.8 Å². The highest BCUT2D eigenvalue weighted by atomic mass is 32.2. The topological polar surface area (TPSA) is 60.7 Å². The molecule has 0 radical (unpaired) electrons. The fourth-order valence-electron chi connectivity index (χ4n) is 2.19. The van der Waals surface area contributed by atoms with Crippen molar-refractivity contribution in [3.8, 4) is 0 Å². The van der Waals surface area contributed by atoms with Gasteiger partial charge in [0, 0.05) is 17.7 Å². The van der Waals surface area contributed by atoms with Gasteiger partial charge in [0.15, 0.2) is 0 Å². The summed E-state index contributed by atoms with van der Waals surface area (Å²) in [6.45, 7) is 5.84. The van der Waals surface area contributed by atoms with Crippen molar-refractivity contribution >= 4 is 31.7 Å². The highest BCUT2D eigenvalue weighted by molar-refractivity contribution is 7.98. The van der Waals surface area contributed by atoms with Crippen LogP contribution in [0.25, 0.3) is 5.65 Å². The van der Waals surface area contributed by atoms with E-state index in [0.717, 1.165) is 17.0 Å². The number of carbonyl (C=O) groups is 1. The molecule has 2 aromatic rings. The fourth-order valence-corrected chi connectivity index (χ4v) is 3.90. The third-order valence-electron chi connectivity index (χ3n) is 3.12. The molecule has 0 aliphatic carbocycles. The van der Waals surface area contributed by atoms with E-state index in [9.17, 15) is 9.59 Å². The normalized spacial score (nSPS) is 14.2. The Morgan fingerprint density at radius 2 is 2.10 bits per heavy atom. The zero-order valence-electron chi connectivity index (χ0n) is 12.2. The monoisotopic (exact) mass is 320 g/mol. The van der Waals surface area contributed by atoms with Crippen LogP contribution in [0.5, 0.6) is 0 Å². The molecule has 5 nitrogen and oxygen atoms in total. The molecule has 1 aliphatic rings. The largest absolute Gasteiger partial charge is 0.516 e. The first kappa shape index (κ1) is 14.3. The van der Waals surface area contributed by atoms with Gasteiger partial charge in [-0.2, -0.15) is 11.8 Å². The summed E-state index contributed by atoms with van der Waals surface area (Å²) in [6, 6.07) is 3.37. The number of hydrogen-bond donors (Lipinski definition) is 0. The highest BCUT2D eigenvalue weighted by Gasteiger charge is 2.22. The van der Waals surface area contributed by atoms with Crippen molar-refractivity contribution in [2.45, 2.75) is 31.1 Å². The van der Waals surface area contributed by atoms with Crippen molar-refractivity contribution in [3.63, 3.8) is 0 Å². The van der Waals surface area contributed by atoms with Crippen molar-refractivity contribution in [3.05, 3.63) is 45.5 Å². The Kier molecular flexibility index (Phi) is 3.41. The van der Waals surface area contributed by atoms with Crippen LogP contribution in [-0.4, -0.2) is 23.7 Å². The van der Waals surface area contributed by atoms with E-state index in [1.807, 2.05) is 19.6 Å². The van der Waals surface area contributed by atoms with E-state index in [1.54, 1.807) is 23.9 Å². The standard InChI is InChI=1S/C14H16N2O3SSi/c1-21(2,3)19-14(18)9-4-5-12-15-11-8-20-7-10(11)13(17)16(12)6-9/h4-6H,7-8H2,1-3H3. The molecule has 7 heteroatoms. The van der Waals surface area contributed by atoms with E-state index >= 15 is 0 Å². The zero-order valence-corrected chi connectivity index (χ0v) is 14.0. The number of aromatic nitrogens is 2. The van der Waals surface area contributed by atoms with Crippen LogP contribution in [0.2, 0.25) is 19.6 Å². The third-order valence-corrected chi connectivity index (χ3v) is 4.89. The van der Waals surface area contributed by atoms with Gasteiger partial charge in [0.2, 0.25) is 8.32 Å². The fraction of sp³-hybridized carbons (Fsp3) is 0.357. The summed E-state index contributed by atoms with van der Waals surface area (Å²) in [4.78, 5) is 29.1. The molecule has 0 spiro atoms. The summed E-state index contributed by atoms with van der Waals surface area (Å²) in [5, 5.41) is 0. The molecule has 0 amide bonds. The molecule has 0 atom stereocenters. The van der Waals surface area contributed by atoms with Crippen molar-refractivity contribution in [1.29, 1.82) is 0 Å². The lowest BCUT2D eigenvalue weighted by Gasteiger charge is -2.17. The minimum atomic E-state index is -1.96. The van der Waals surface area contributed by atoms with Gasteiger partial charge >= 0.3 is 5.97 Å². The molecule has 0 aromatic carbocycles. The van der Waals surface area contributed by atoms with Gasteiger partial charge in [-0.3, -0.25) is 9.20 Å². The molecule has 110 valence electrons. The lowest BCUT2D eigenvalue weighted by Crippen LogP contribution is -2.29. The Labute approximate surface area is 127 Å². The Morgan fingerprint density at radius 1 is 1.33 bits per heavy atom. The van der Waals surface area contributed by atoms with Crippen LogP contribution in [0, 0.1) is 0 Å². The minimum Gasteiger partial charge on any atom is -0.516 e. The van der Waals surface area contributed by atoms with Crippen molar-refractivity contribution < 1.29 is 9.22 Å². The molecular weight excluding hydrogens is 304 g/mol. The van der Waals surface area contributed by atoms with Crippen LogP contribution in [-0.2, 0) is 15.9 Å². The van der Waals surface area contributed by atoms with E-state index in [-0.39, 0.29) is 11.5 Å². The third kappa shape index (κ3) is 2.75. The second-order valence-corrected chi connectivity index (χ2v) is 11.4. The average Bonchev–Trinajstić information content (AvgIpc) is 2.85. The number of nitrogens with zero attached hydrogens (tertiary/aromatic N) is 2. The van der Waals surface area contributed by atoms with E-state index in [0.29, 0.717) is 17.0 Å². The van der Waals surface area contributed by atoms with Crippen LogP contribution >= 0.6 is 11.8 Å². The van der Waals surface area contributed by atoms with Gasteiger partial charge in [-0.05, 0) is 31.8 Å². The molecule has 2 aromatic heterocycles. The predicted molar refractivity (Wildman–Crippen MR) is 85.2 cm³/mol. The highest BCUT2D eigenvalue weighted by Crippen LogP contribution is 2.25. The summed E-state index contributed by atoms with van der Waals surface area (Å²) in [6.07, 6.45) is 1.54. The summed E-state index contributed by atoms with van der Waals surface area (Å²) >= 11 is 1.68. The molecule has 3 rings (SSSR count). The zero-order chi connectivity index (χ0) is 15.2. The summed E-state index contributed by atoms with van der Waals surface area (Å²) in [7, 11) is -1.96. The molecule has 0 saturated heterocycles. The van der Waals surface area contributed by atoms with Gasteiger partial charge in [0.25, 0.3) is 5.56 Å². The van der Waals surface area contributed by atoms with Crippen molar-refractivity contribution in [2.75, 3.05) is 0 Å². The molecule has 0 saturated carbocycles. The minimum absolute atomic E-state index is 0.0809. The maximum atomic E-state index is 12.4. The molecule has 21 heavy (non-hydrogen) atoms. The molecule has 0 fully saturated rings. The molecule has 1 aliphatic heterocycles. The van der Waals surface area contributed by atoms with Crippen LogP contribution < -0.4 is 5.56 Å². The Balaban J connectivity index is 2.08. The number of fused-ring (bicyclic) bond motifs is 2. The number of pyridine rings is 1. The molecule has 3 heterocycles. The smallest absolute Gasteiger partial charge is 0.326 e. The first-order valence-electron chi connectivity index (χ1n) is 6.70. The van der Waals surface area contributed by atoms with Crippen LogP contribution in [0.3, 0.4) is 0 Å². The van der Waals surface area contributed by atoms with E-state index in [1.165, 1.54) is 10.6 Å². The maximum Gasteiger partial charge on any atom is 0.326 e. The Bertz CT molecular complexity index is 795. The predicted octanol–water partition coefficient (Wildman–Crippen LogP) is 2.43. The summed E-state index contributed by atoms with van der Waals surface area (Å²) in [5.74, 6) is 1.09. The average molecular weight is 320 g/mol. The number of rotatable bonds is 2. The molecule has 0 N–H and O–H groups in total. The lowest BCUT2D eigenvalue weighted by atomic mass is 10.2. The number of thioether (sulfide) groups is 1. The van der Waals surface area contributed by atoms with E-state index < -0.39 is 8.32 Å². The van der Waals surface area contributed by atoms with Gasteiger partial charge in [0.1, 0.15) is 5.65 Å². The van der Waals surface area contributed by atoms with Gasteiger partial charge in [-0.1, -0.05) is 0 Å². The van der Waals surface area contributed by atoms with Crippen molar-refractivity contribution in [2.24, 2.45) is 0 Å². The van der Waals surface area contributed by atoms with E-state index in [2.05, 4.69) is 4.98 Å². The lowest BCUT2D eigenvalue weighted by molar-refractivity contribution is 0.0724. The first-order chi connectivity index (χ1) is 9.85. The Hall–Kier alpha value is -1.60. The first-order valence-corrected chi connectivity index (χ1v) is 11.3. The van der Waals surface area contributed by atoms with Gasteiger partial charge < -0.3 is 4.43 Å². The molecule has 0 bridgehead atoms.